The highest BCUT2D eigenvalue weighted by molar-refractivity contribution is 8.18. The molecule has 5 N–H and O–H groups in total. The van der Waals surface area contributed by atoms with Crippen molar-refractivity contribution >= 4 is 65.0 Å². The molecule has 1 spiro atoms. The first kappa shape index (κ1) is 37.0. The molecule has 3 atom stereocenters. The zero-order valence-electron chi connectivity index (χ0n) is 27.0. The van der Waals surface area contributed by atoms with Crippen LogP contribution in [0.4, 0.5) is 4.79 Å². The van der Waals surface area contributed by atoms with Crippen LogP contribution in [0.1, 0.15) is 57.6 Å². The second-order valence-electron chi connectivity index (χ2n) is 12.6. The number of carboxylic acids is 1. The molecule has 2 aliphatic heterocycles. The Morgan fingerprint density at radius 3 is 2.29 bits per heavy atom. The minimum absolute atomic E-state index is 0.118. The summed E-state index contributed by atoms with van der Waals surface area (Å²) < 4.78 is 4.68. The predicted octanol–water partition coefficient (Wildman–Crippen LogP) is 1.45. The van der Waals surface area contributed by atoms with Crippen LogP contribution >= 0.6 is 23.5 Å². The average molecular weight is 706 g/mol. The van der Waals surface area contributed by atoms with Crippen molar-refractivity contribution in [2.75, 3.05) is 37.7 Å². The van der Waals surface area contributed by atoms with Gasteiger partial charge in [-0.15, -0.1) is 23.5 Å². The molecule has 1 saturated carbocycles. The van der Waals surface area contributed by atoms with Crippen molar-refractivity contribution in [3.8, 4) is 0 Å². The first-order valence-corrected chi connectivity index (χ1v) is 18.0. The molecule has 1 aromatic carbocycles. The van der Waals surface area contributed by atoms with Crippen molar-refractivity contribution in [1.29, 1.82) is 0 Å². The van der Waals surface area contributed by atoms with Gasteiger partial charge < -0.3 is 36.0 Å². The summed E-state index contributed by atoms with van der Waals surface area (Å²) in [5.74, 6) is -3.19. The highest BCUT2D eigenvalue weighted by atomic mass is 32.2. The number of hydrogen-bond donors (Lipinski definition) is 5. The third-order valence-corrected chi connectivity index (χ3v) is 11.4. The molecule has 3 aliphatic rings. The summed E-state index contributed by atoms with van der Waals surface area (Å²) in [4.78, 5) is 91.1. The van der Waals surface area contributed by atoms with Gasteiger partial charge in [0.1, 0.15) is 12.6 Å². The summed E-state index contributed by atoms with van der Waals surface area (Å²) in [7, 11) is 0. The van der Waals surface area contributed by atoms with Crippen LogP contribution in [0.5, 0.6) is 0 Å². The van der Waals surface area contributed by atoms with Crippen molar-refractivity contribution < 1.29 is 43.4 Å². The monoisotopic (exact) mass is 705 g/mol. The van der Waals surface area contributed by atoms with Gasteiger partial charge in [0.2, 0.25) is 23.5 Å². The van der Waals surface area contributed by atoms with Crippen molar-refractivity contribution in [1.82, 2.24) is 26.2 Å². The quantitative estimate of drug-likeness (QED) is 0.166. The summed E-state index contributed by atoms with van der Waals surface area (Å²) in [6, 6.07) is 4.56. The molecule has 2 unspecified atom stereocenters. The van der Waals surface area contributed by atoms with E-state index in [0.717, 1.165) is 30.8 Å². The molecule has 48 heavy (non-hydrogen) atoms. The minimum atomic E-state index is -1.35. The molecule has 2 saturated heterocycles. The van der Waals surface area contributed by atoms with Crippen molar-refractivity contribution in [2.45, 2.75) is 68.2 Å². The summed E-state index contributed by atoms with van der Waals surface area (Å²) in [6.45, 7) is 3.22. The maximum absolute atomic E-state index is 13.8. The second kappa shape index (κ2) is 17.0. The highest BCUT2D eigenvalue weighted by Crippen LogP contribution is 2.50. The lowest BCUT2D eigenvalue weighted by Gasteiger charge is -2.31. The van der Waals surface area contributed by atoms with E-state index >= 15 is 0 Å². The molecule has 4 rings (SSSR count). The van der Waals surface area contributed by atoms with Crippen LogP contribution in [0.2, 0.25) is 0 Å². The lowest BCUT2D eigenvalue weighted by atomic mass is 10.0. The number of nitrogens with one attached hydrogen (secondary N) is 4. The van der Waals surface area contributed by atoms with E-state index in [2.05, 4.69) is 21.3 Å². The second-order valence-corrected chi connectivity index (χ2v) is 15.8. The first-order valence-electron chi connectivity index (χ1n) is 16.0. The molecule has 0 aromatic heterocycles. The fraction of sp³-hybridized carbons (Fsp3) is 0.594. The predicted molar refractivity (Wildman–Crippen MR) is 179 cm³/mol. The van der Waals surface area contributed by atoms with Gasteiger partial charge in [-0.05, 0) is 41.7 Å². The van der Waals surface area contributed by atoms with Gasteiger partial charge in [-0.1, -0.05) is 57.0 Å². The smallest absolute Gasteiger partial charge is 0.407 e. The molecule has 16 heteroatoms. The molecule has 0 radical (unpaired) electrons. The number of amides is 5. The third-order valence-electron chi connectivity index (χ3n) is 8.08. The average Bonchev–Trinajstić information content (AvgIpc) is 3.82. The first-order chi connectivity index (χ1) is 22.9. The zero-order chi connectivity index (χ0) is 34.8. The number of carbonyl (C=O) groups is 7. The summed E-state index contributed by atoms with van der Waals surface area (Å²) >= 11 is 3.37. The molecular formula is C32H43N5O9S2. The van der Waals surface area contributed by atoms with E-state index in [9.17, 15) is 38.7 Å². The zero-order valence-corrected chi connectivity index (χ0v) is 28.7. The Morgan fingerprint density at radius 2 is 1.67 bits per heavy atom. The number of aliphatic carboxylic acids is 1. The fourth-order valence-electron chi connectivity index (χ4n) is 5.44. The maximum Gasteiger partial charge on any atom is 0.407 e. The van der Waals surface area contributed by atoms with Crippen LogP contribution in [0.3, 0.4) is 0 Å². The van der Waals surface area contributed by atoms with E-state index in [1.165, 1.54) is 17.0 Å². The van der Waals surface area contributed by atoms with Gasteiger partial charge >= 0.3 is 12.1 Å². The maximum atomic E-state index is 13.8. The Morgan fingerprint density at radius 1 is 0.979 bits per heavy atom. The molecule has 5 amide bonds. The number of ether oxygens (including phenoxy) is 1. The number of carboxylic acid groups (broad SMARTS) is 1. The number of alkyl carbamates (subject to hydrolysis) is 1. The fourth-order valence-corrected chi connectivity index (χ4v) is 8.79. The minimum Gasteiger partial charge on any atom is -0.479 e. The number of nitrogens with zero attached hydrogens (tertiary/aromatic N) is 1. The van der Waals surface area contributed by atoms with Crippen molar-refractivity contribution in [2.24, 2.45) is 11.8 Å². The summed E-state index contributed by atoms with van der Waals surface area (Å²) in [5.41, 5.74) is 0.334. The van der Waals surface area contributed by atoms with Crippen molar-refractivity contribution in [3.63, 3.8) is 0 Å². The van der Waals surface area contributed by atoms with Crippen LogP contribution in [-0.2, 0) is 33.5 Å². The lowest BCUT2D eigenvalue weighted by molar-refractivity contribution is -0.143. The van der Waals surface area contributed by atoms with E-state index in [0.29, 0.717) is 12.0 Å². The molecule has 3 fully saturated rings. The number of ketones is 1. The van der Waals surface area contributed by atoms with E-state index in [1.807, 2.05) is 13.8 Å². The van der Waals surface area contributed by atoms with E-state index < -0.39 is 70.2 Å². The molecule has 1 aromatic rings. The molecular weight excluding hydrogens is 663 g/mol. The molecule has 0 bridgehead atoms. The Labute approximate surface area is 287 Å². The van der Waals surface area contributed by atoms with Gasteiger partial charge in [-0.2, -0.15) is 0 Å². The largest absolute Gasteiger partial charge is 0.479 e. The lowest BCUT2D eigenvalue weighted by Crippen LogP contribution is -2.54. The Hall–Kier alpha value is -3.79. The molecule has 262 valence electrons. The van der Waals surface area contributed by atoms with Gasteiger partial charge in [0.15, 0.2) is 6.04 Å². The van der Waals surface area contributed by atoms with Gasteiger partial charge in [0, 0.05) is 13.0 Å². The number of likely N-dealkylation sites (tertiary alicyclic amines) is 1. The summed E-state index contributed by atoms with van der Waals surface area (Å²) in [6.07, 6.45) is 2.49. The van der Waals surface area contributed by atoms with Crippen LogP contribution in [-0.4, -0.2) is 105 Å². The van der Waals surface area contributed by atoms with Crippen LogP contribution in [0.25, 0.3) is 0 Å². The van der Waals surface area contributed by atoms with Crippen molar-refractivity contribution in [3.05, 3.63) is 35.9 Å². The van der Waals surface area contributed by atoms with Gasteiger partial charge in [-0.3, -0.25) is 24.0 Å². The van der Waals surface area contributed by atoms with Gasteiger partial charge in [-0.25, -0.2) is 9.59 Å². The molecule has 14 nitrogen and oxygen atoms in total. The van der Waals surface area contributed by atoms with E-state index in [1.54, 1.807) is 41.7 Å². The normalized spacial score (nSPS) is 19.6. The van der Waals surface area contributed by atoms with E-state index in [4.69, 9.17) is 4.74 Å². The van der Waals surface area contributed by atoms with Crippen LogP contribution in [0.15, 0.2) is 30.3 Å². The van der Waals surface area contributed by atoms with Gasteiger partial charge in [0.25, 0.3) is 5.91 Å². The number of hydrogen-bond acceptors (Lipinski definition) is 10. The molecule has 1 aliphatic carbocycles. The number of benzene rings is 1. The third kappa shape index (κ3) is 10.6. The number of Topliss-reactive ketones (excluding diaryl/α,β-unsaturated/α-hetero) is 1. The molecule has 2 heterocycles. The number of carbonyl (C=O) groups excluding carboxylic acids is 6. The number of rotatable bonds is 15. The van der Waals surface area contributed by atoms with Gasteiger partial charge in [0.05, 0.1) is 23.3 Å². The van der Waals surface area contributed by atoms with E-state index in [-0.39, 0.29) is 38.0 Å². The topological polar surface area (TPSA) is 200 Å². The van der Waals surface area contributed by atoms with Crippen LogP contribution < -0.4 is 21.3 Å². The number of thioether (sulfide) groups is 2. The highest BCUT2D eigenvalue weighted by Gasteiger charge is 2.51. The summed E-state index contributed by atoms with van der Waals surface area (Å²) in [5, 5.41) is 19.3. The Balaban J connectivity index is 1.38. The Bertz CT molecular complexity index is 1370. The standard InChI is InChI=1S/C32H43N5O9S2/c1-19(2)17-46-31(45)34-16-25(39)37-18-32(47-11-6-12-48-32)14-23(37)28(41)35-22(13-20-9-10-20)27(40)29(42)33-15-24(38)36-26(30(43)44)21-7-4-3-5-8-21/h3-5,7-8,19-20,22-23,26H,6,9-18H2,1-2H3,(H,33,42)(H,34,45)(H,35,41)(H,36,38)(H,43,44)/t22?,23-,26?/m0/s1. The van der Waals surface area contributed by atoms with Crippen LogP contribution in [0, 0.1) is 11.8 Å². The SMILES string of the molecule is CC(C)COC(=O)NCC(=O)N1CC2(C[C@H]1C(=O)NC(CC1CC1)C(=O)C(=O)NCC(=O)NC(C(=O)O)c1ccccc1)SCCCS2. The Kier molecular flexibility index (Phi) is 13.2.